The van der Waals surface area contributed by atoms with E-state index in [0.717, 1.165) is 28.7 Å². The van der Waals surface area contributed by atoms with Gasteiger partial charge in [-0.15, -0.1) is 10.2 Å². The Balaban J connectivity index is 1.67. The van der Waals surface area contributed by atoms with E-state index in [4.69, 9.17) is 5.26 Å². The lowest BCUT2D eigenvalue weighted by Gasteiger charge is -2.37. The Morgan fingerprint density at radius 1 is 1.48 bits per heavy atom. The second kappa shape index (κ2) is 8.14. The molecule has 3 aromatic heterocycles. The molecule has 1 aliphatic heterocycles. The average molecular weight is 411 g/mol. The monoisotopic (exact) mass is 411 g/mol. The van der Waals surface area contributed by atoms with E-state index in [1.54, 1.807) is 11.1 Å². The minimum atomic E-state index is -0.156. The van der Waals surface area contributed by atoms with Gasteiger partial charge in [0.25, 0.3) is 0 Å². The molecule has 9 nitrogen and oxygen atoms in total. The normalized spacial score (nSPS) is 19.3. The molecule has 2 atom stereocenters. The molecule has 29 heavy (non-hydrogen) atoms. The number of carbonyl (C=O) groups is 1. The summed E-state index contributed by atoms with van der Waals surface area (Å²) in [7, 11) is 0. The summed E-state index contributed by atoms with van der Waals surface area (Å²) < 4.78 is 0. The van der Waals surface area contributed by atoms with Crippen LogP contribution in [0.2, 0.25) is 0 Å². The number of pyridine rings is 1. The number of H-pyrrole nitrogens is 1. The second-order valence-corrected chi connectivity index (χ2v) is 8.32. The van der Waals surface area contributed by atoms with Gasteiger partial charge in [0, 0.05) is 36.9 Å². The number of likely N-dealkylation sites (tertiary alicyclic amines) is 1. The quantitative estimate of drug-likeness (QED) is 0.586. The summed E-state index contributed by atoms with van der Waals surface area (Å²) in [6, 6.07) is 3.93. The highest BCUT2D eigenvalue weighted by Crippen LogP contribution is 2.36. The number of hydrogen-bond acceptors (Lipinski definition) is 8. The predicted octanol–water partition coefficient (Wildman–Crippen LogP) is 2.14. The predicted molar refractivity (Wildman–Crippen MR) is 109 cm³/mol. The van der Waals surface area contributed by atoms with E-state index in [2.05, 4.69) is 32.4 Å². The first-order valence-corrected chi connectivity index (χ1v) is 10.2. The summed E-state index contributed by atoms with van der Waals surface area (Å²) in [6.45, 7) is 3.16. The standard InChI is InChI=1S/C19H21N7O2S/c1-11-6-12(9-26(8-11)16(28)2-4-20)23-17-13-3-5-21-18(13)22-7-14(17)19-25-24-15(10-27)29-19/h3,5,7,11-12,27H,2,6,8-10H2,1H3,(H2,21,22,23)/t11-,12+/m0/s1. The molecule has 10 heteroatoms. The molecule has 4 rings (SSSR count). The SMILES string of the molecule is C[C@H]1C[C@@H](Nc2c(-c3nnc(CO)s3)cnc3[nH]ccc23)CN(C(=O)CC#N)C1. The van der Waals surface area contributed by atoms with Crippen molar-refractivity contribution in [1.82, 2.24) is 25.1 Å². The van der Waals surface area contributed by atoms with Gasteiger partial charge in [0.2, 0.25) is 5.91 Å². The van der Waals surface area contributed by atoms with E-state index < -0.39 is 0 Å². The number of aliphatic hydroxyl groups excluding tert-OH is 1. The molecule has 0 radical (unpaired) electrons. The Kier molecular flexibility index (Phi) is 5.42. The van der Waals surface area contributed by atoms with Gasteiger partial charge in [0.05, 0.1) is 23.9 Å². The molecule has 150 valence electrons. The third-order valence-electron chi connectivity index (χ3n) is 5.01. The molecule has 3 N–H and O–H groups in total. The lowest BCUT2D eigenvalue weighted by molar-refractivity contribution is -0.132. The van der Waals surface area contributed by atoms with Gasteiger partial charge in [-0.25, -0.2) is 4.98 Å². The maximum atomic E-state index is 12.3. The molecule has 0 saturated carbocycles. The number of anilines is 1. The zero-order chi connectivity index (χ0) is 20.4. The summed E-state index contributed by atoms with van der Waals surface area (Å²) in [5, 5.41) is 32.1. The minimum Gasteiger partial charge on any atom is -0.389 e. The fourth-order valence-electron chi connectivity index (χ4n) is 3.80. The van der Waals surface area contributed by atoms with Crippen LogP contribution in [0.25, 0.3) is 21.6 Å². The highest BCUT2D eigenvalue weighted by Gasteiger charge is 2.29. The van der Waals surface area contributed by atoms with Gasteiger partial charge in [-0.05, 0) is 18.4 Å². The molecule has 0 aromatic carbocycles. The van der Waals surface area contributed by atoms with Crippen molar-refractivity contribution in [3.63, 3.8) is 0 Å². The van der Waals surface area contributed by atoms with Crippen molar-refractivity contribution >= 4 is 34.0 Å². The van der Waals surface area contributed by atoms with Gasteiger partial charge in [0.15, 0.2) is 5.01 Å². The largest absolute Gasteiger partial charge is 0.389 e. The van der Waals surface area contributed by atoms with E-state index in [9.17, 15) is 9.90 Å². The summed E-state index contributed by atoms with van der Waals surface area (Å²) in [4.78, 5) is 21.6. The number of carbonyl (C=O) groups excluding carboxylic acids is 1. The Morgan fingerprint density at radius 3 is 3.10 bits per heavy atom. The van der Waals surface area contributed by atoms with E-state index in [-0.39, 0.29) is 25.0 Å². The summed E-state index contributed by atoms with van der Waals surface area (Å²) in [5.41, 5.74) is 2.44. The van der Waals surface area contributed by atoms with Crippen molar-refractivity contribution in [2.75, 3.05) is 18.4 Å². The van der Waals surface area contributed by atoms with Gasteiger partial charge >= 0.3 is 0 Å². The molecule has 0 bridgehead atoms. The van der Waals surface area contributed by atoms with Crippen LogP contribution in [0.3, 0.4) is 0 Å². The fourth-order valence-corrected chi connectivity index (χ4v) is 4.51. The number of rotatable bonds is 5. The van der Waals surface area contributed by atoms with Crippen LogP contribution < -0.4 is 5.32 Å². The zero-order valence-corrected chi connectivity index (χ0v) is 16.7. The maximum Gasteiger partial charge on any atom is 0.236 e. The highest BCUT2D eigenvalue weighted by atomic mass is 32.1. The first-order valence-electron chi connectivity index (χ1n) is 9.40. The van der Waals surface area contributed by atoms with Crippen LogP contribution in [0, 0.1) is 17.2 Å². The highest BCUT2D eigenvalue weighted by molar-refractivity contribution is 7.14. The molecular formula is C19H21N7O2S. The van der Waals surface area contributed by atoms with Crippen molar-refractivity contribution in [3.8, 4) is 16.6 Å². The van der Waals surface area contributed by atoms with Gasteiger partial charge in [-0.2, -0.15) is 5.26 Å². The van der Waals surface area contributed by atoms with Crippen molar-refractivity contribution < 1.29 is 9.90 Å². The lowest BCUT2D eigenvalue weighted by atomic mass is 9.95. The van der Waals surface area contributed by atoms with E-state index >= 15 is 0 Å². The molecule has 1 aliphatic rings. The first-order chi connectivity index (χ1) is 14.1. The van der Waals surface area contributed by atoms with E-state index in [1.165, 1.54) is 11.3 Å². The molecule has 0 unspecified atom stereocenters. The summed E-state index contributed by atoms with van der Waals surface area (Å²) >= 11 is 1.32. The van der Waals surface area contributed by atoms with E-state index in [0.29, 0.717) is 29.0 Å². The van der Waals surface area contributed by atoms with Gasteiger partial charge < -0.3 is 20.3 Å². The van der Waals surface area contributed by atoms with Crippen molar-refractivity contribution in [2.45, 2.75) is 32.4 Å². The minimum absolute atomic E-state index is 0.0332. The van der Waals surface area contributed by atoms with Crippen molar-refractivity contribution in [2.24, 2.45) is 5.92 Å². The van der Waals surface area contributed by atoms with Gasteiger partial charge in [0.1, 0.15) is 17.1 Å². The Labute approximate surface area is 171 Å². The van der Waals surface area contributed by atoms with Crippen molar-refractivity contribution in [1.29, 1.82) is 5.26 Å². The zero-order valence-electron chi connectivity index (χ0n) is 15.9. The Bertz CT molecular complexity index is 1070. The molecule has 0 aliphatic carbocycles. The van der Waals surface area contributed by atoms with Crippen LogP contribution in [-0.4, -0.2) is 55.2 Å². The number of nitriles is 1. The van der Waals surface area contributed by atoms with Crippen LogP contribution in [0.4, 0.5) is 5.69 Å². The van der Waals surface area contributed by atoms with Crippen LogP contribution >= 0.6 is 11.3 Å². The Morgan fingerprint density at radius 2 is 2.34 bits per heavy atom. The van der Waals surface area contributed by atoms with Crippen LogP contribution in [0.5, 0.6) is 0 Å². The van der Waals surface area contributed by atoms with Crippen LogP contribution in [0.1, 0.15) is 24.8 Å². The van der Waals surface area contributed by atoms with E-state index in [1.807, 2.05) is 18.3 Å². The van der Waals surface area contributed by atoms with Crippen LogP contribution in [0.15, 0.2) is 18.5 Å². The summed E-state index contributed by atoms with van der Waals surface area (Å²) in [5.74, 6) is 0.183. The number of nitrogens with one attached hydrogen (secondary N) is 2. The number of hydrogen-bond donors (Lipinski definition) is 3. The molecule has 1 amide bonds. The number of nitrogens with zero attached hydrogens (tertiary/aromatic N) is 5. The lowest BCUT2D eigenvalue weighted by Crippen LogP contribution is -2.48. The number of aromatic amines is 1. The maximum absolute atomic E-state index is 12.3. The third-order valence-corrected chi connectivity index (χ3v) is 5.95. The Hall–Kier alpha value is -3.03. The fraction of sp³-hybridized carbons (Fsp3) is 0.421. The molecule has 3 aromatic rings. The molecule has 4 heterocycles. The number of amides is 1. The third kappa shape index (κ3) is 3.92. The number of aliphatic hydroxyl groups is 1. The second-order valence-electron chi connectivity index (χ2n) is 7.26. The smallest absolute Gasteiger partial charge is 0.236 e. The topological polar surface area (TPSA) is 131 Å². The number of fused-ring (bicyclic) bond motifs is 1. The first kappa shape index (κ1) is 19.3. The number of piperidine rings is 1. The molecular weight excluding hydrogens is 390 g/mol. The van der Waals surface area contributed by atoms with Gasteiger partial charge in [-0.1, -0.05) is 18.3 Å². The molecule has 0 spiro atoms. The molecule has 1 saturated heterocycles. The van der Waals surface area contributed by atoms with Gasteiger partial charge in [-0.3, -0.25) is 4.79 Å². The average Bonchev–Trinajstić information content (AvgIpc) is 3.37. The van der Waals surface area contributed by atoms with Crippen LogP contribution in [-0.2, 0) is 11.4 Å². The summed E-state index contributed by atoms with van der Waals surface area (Å²) in [6.07, 6.45) is 4.38. The number of aromatic nitrogens is 4. The van der Waals surface area contributed by atoms with Crippen molar-refractivity contribution in [3.05, 3.63) is 23.5 Å². The molecule has 1 fully saturated rings.